The number of aryl methyl sites for hydroxylation is 1. The van der Waals surface area contributed by atoms with E-state index in [1.54, 1.807) is 50.4 Å². The number of aromatic carboxylic acids is 1. The van der Waals surface area contributed by atoms with Gasteiger partial charge < -0.3 is 19.5 Å². The van der Waals surface area contributed by atoms with Crippen LogP contribution in [0.5, 0.6) is 11.5 Å². The number of ether oxygens (including phenoxy) is 2. The first-order valence-corrected chi connectivity index (χ1v) is 8.21. The van der Waals surface area contributed by atoms with Crippen molar-refractivity contribution in [3.05, 3.63) is 59.2 Å². The van der Waals surface area contributed by atoms with Crippen LogP contribution in [0.1, 0.15) is 27.9 Å². The van der Waals surface area contributed by atoms with Crippen LogP contribution in [0.4, 0.5) is 0 Å². The molecule has 0 unspecified atom stereocenters. The van der Waals surface area contributed by atoms with Crippen molar-refractivity contribution < 1.29 is 24.2 Å². The maximum atomic E-state index is 12.3. The normalized spacial score (nSPS) is 10.3. The second-order valence-electron chi connectivity index (χ2n) is 5.94. The van der Waals surface area contributed by atoms with Crippen LogP contribution in [-0.2, 0) is 17.8 Å². The number of amides is 1. The number of benzene rings is 2. The van der Waals surface area contributed by atoms with E-state index in [0.717, 1.165) is 11.1 Å². The molecule has 0 aliphatic heterocycles. The molecule has 0 heterocycles. The third kappa shape index (κ3) is 4.99. The molecule has 26 heavy (non-hydrogen) atoms. The van der Waals surface area contributed by atoms with Crippen molar-refractivity contribution in [1.29, 1.82) is 0 Å². The number of rotatable bonds is 8. The Labute approximate surface area is 153 Å². The van der Waals surface area contributed by atoms with Crippen LogP contribution in [-0.4, -0.2) is 43.2 Å². The Balaban J connectivity index is 1.91. The molecule has 6 nitrogen and oxygen atoms in total. The zero-order valence-corrected chi connectivity index (χ0v) is 15.2. The largest absolute Gasteiger partial charge is 0.493 e. The van der Waals surface area contributed by atoms with E-state index in [9.17, 15) is 9.59 Å². The van der Waals surface area contributed by atoms with E-state index in [1.165, 1.54) is 0 Å². The zero-order valence-electron chi connectivity index (χ0n) is 15.2. The molecule has 0 aliphatic rings. The Morgan fingerprint density at radius 2 is 1.58 bits per heavy atom. The summed E-state index contributed by atoms with van der Waals surface area (Å²) in [6.45, 7) is 0.435. The van der Waals surface area contributed by atoms with Gasteiger partial charge in [0.05, 0.1) is 19.8 Å². The lowest BCUT2D eigenvalue weighted by Crippen LogP contribution is -2.26. The van der Waals surface area contributed by atoms with Crippen molar-refractivity contribution in [2.45, 2.75) is 19.4 Å². The highest BCUT2D eigenvalue weighted by atomic mass is 16.5. The lowest BCUT2D eigenvalue weighted by Gasteiger charge is -2.17. The van der Waals surface area contributed by atoms with Gasteiger partial charge in [-0.3, -0.25) is 4.79 Å². The first-order chi connectivity index (χ1) is 12.4. The Kier molecular flexibility index (Phi) is 6.60. The summed E-state index contributed by atoms with van der Waals surface area (Å²) in [5.74, 6) is 0.354. The van der Waals surface area contributed by atoms with Gasteiger partial charge in [0.1, 0.15) is 0 Å². The van der Waals surface area contributed by atoms with Crippen LogP contribution in [0.2, 0.25) is 0 Å². The smallest absolute Gasteiger partial charge is 0.335 e. The van der Waals surface area contributed by atoms with E-state index in [4.69, 9.17) is 14.6 Å². The highest BCUT2D eigenvalue weighted by Gasteiger charge is 2.11. The molecule has 0 fully saturated rings. The van der Waals surface area contributed by atoms with Gasteiger partial charge in [-0.2, -0.15) is 0 Å². The molecular formula is C20H23NO5. The molecule has 138 valence electrons. The van der Waals surface area contributed by atoms with Gasteiger partial charge in [-0.15, -0.1) is 0 Å². The molecule has 0 atom stereocenters. The number of carboxylic acid groups (broad SMARTS) is 1. The number of carbonyl (C=O) groups is 2. The standard InChI is InChI=1S/C20H23NO5/c1-21(13-15-4-8-16(9-5-15)20(23)24)19(22)11-7-14-6-10-17(25-2)18(12-14)26-3/h4-6,8-10,12H,7,11,13H2,1-3H3,(H,23,24). The summed E-state index contributed by atoms with van der Waals surface area (Å²) in [5, 5.41) is 8.91. The second kappa shape index (κ2) is 8.89. The first kappa shape index (κ1) is 19.3. The summed E-state index contributed by atoms with van der Waals surface area (Å²) in [4.78, 5) is 24.9. The van der Waals surface area contributed by atoms with E-state index < -0.39 is 5.97 Å². The number of methoxy groups -OCH3 is 2. The SMILES string of the molecule is COc1ccc(CCC(=O)N(C)Cc2ccc(C(=O)O)cc2)cc1OC. The number of nitrogens with zero attached hydrogens (tertiary/aromatic N) is 1. The highest BCUT2D eigenvalue weighted by Crippen LogP contribution is 2.28. The third-order valence-electron chi connectivity index (χ3n) is 4.12. The molecule has 0 saturated carbocycles. The topological polar surface area (TPSA) is 76.1 Å². The summed E-state index contributed by atoms with van der Waals surface area (Å²) >= 11 is 0. The van der Waals surface area contributed by atoms with E-state index in [2.05, 4.69) is 0 Å². The Morgan fingerprint density at radius 3 is 2.15 bits per heavy atom. The predicted molar refractivity (Wildman–Crippen MR) is 97.7 cm³/mol. The zero-order chi connectivity index (χ0) is 19.1. The highest BCUT2D eigenvalue weighted by molar-refractivity contribution is 5.87. The Hall–Kier alpha value is -3.02. The van der Waals surface area contributed by atoms with Gasteiger partial charge in [0.25, 0.3) is 0 Å². The summed E-state index contributed by atoms with van der Waals surface area (Å²) in [6.07, 6.45) is 0.973. The van der Waals surface area contributed by atoms with Crippen LogP contribution in [0.25, 0.3) is 0 Å². The number of hydrogen-bond donors (Lipinski definition) is 1. The molecule has 1 amide bonds. The molecule has 0 saturated heterocycles. The minimum atomic E-state index is -0.962. The molecule has 0 aliphatic carbocycles. The monoisotopic (exact) mass is 357 g/mol. The molecular weight excluding hydrogens is 334 g/mol. The maximum absolute atomic E-state index is 12.3. The molecule has 1 N–H and O–H groups in total. The minimum absolute atomic E-state index is 0.0158. The average Bonchev–Trinajstić information content (AvgIpc) is 2.66. The first-order valence-electron chi connectivity index (χ1n) is 8.21. The van der Waals surface area contributed by atoms with Gasteiger partial charge in [0.15, 0.2) is 11.5 Å². The van der Waals surface area contributed by atoms with E-state index in [0.29, 0.717) is 30.9 Å². The molecule has 0 spiro atoms. The maximum Gasteiger partial charge on any atom is 0.335 e. The van der Waals surface area contributed by atoms with Crippen molar-refractivity contribution in [2.75, 3.05) is 21.3 Å². The third-order valence-corrected chi connectivity index (χ3v) is 4.12. The molecule has 2 aromatic carbocycles. The fourth-order valence-corrected chi connectivity index (χ4v) is 2.59. The molecule has 2 rings (SSSR count). The molecule has 0 radical (unpaired) electrons. The lowest BCUT2D eigenvalue weighted by molar-refractivity contribution is -0.130. The fourth-order valence-electron chi connectivity index (χ4n) is 2.59. The minimum Gasteiger partial charge on any atom is -0.493 e. The van der Waals surface area contributed by atoms with Gasteiger partial charge in [-0.25, -0.2) is 4.79 Å². The number of hydrogen-bond acceptors (Lipinski definition) is 4. The van der Waals surface area contributed by atoms with Crippen LogP contribution in [0.3, 0.4) is 0 Å². The molecule has 0 bridgehead atoms. The average molecular weight is 357 g/mol. The van der Waals surface area contributed by atoms with Crippen molar-refractivity contribution >= 4 is 11.9 Å². The number of carboxylic acids is 1. The second-order valence-corrected chi connectivity index (χ2v) is 5.94. The van der Waals surface area contributed by atoms with Crippen LogP contribution >= 0.6 is 0 Å². The number of carbonyl (C=O) groups excluding carboxylic acids is 1. The van der Waals surface area contributed by atoms with Gasteiger partial charge in [0.2, 0.25) is 5.91 Å². The van der Waals surface area contributed by atoms with E-state index in [1.807, 2.05) is 18.2 Å². The van der Waals surface area contributed by atoms with Crippen LogP contribution in [0, 0.1) is 0 Å². The van der Waals surface area contributed by atoms with Gasteiger partial charge in [0, 0.05) is 20.0 Å². The molecule has 2 aromatic rings. The quantitative estimate of drug-likeness (QED) is 0.786. The predicted octanol–water partition coefficient (Wildman–Crippen LogP) is 2.99. The molecule has 0 aromatic heterocycles. The van der Waals surface area contributed by atoms with Crippen molar-refractivity contribution in [3.8, 4) is 11.5 Å². The summed E-state index contributed by atoms with van der Waals surface area (Å²) < 4.78 is 10.5. The molecule has 6 heteroatoms. The van der Waals surface area contributed by atoms with Gasteiger partial charge in [-0.05, 0) is 41.8 Å². The van der Waals surface area contributed by atoms with Gasteiger partial charge >= 0.3 is 5.97 Å². The van der Waals surface area contributed by atoms with Crippen LogP contribution < -0.4 is 9.47 Å². The van der Waals surface area contributed by atoms with Crippen molar-refractivity contribution in [1.82, 2.24) is 4.90 Å². The fraction of sp³-hybridized carbons (Fsp3) is 0.300. The van der Waals surface area contributed by atoms with Gasteiger partial charge in [-0.1, -0.05) is 18.2 Å². The van der Waals surface area contributed by atoms with Crippen molar-refractivity contribution in [2.24, 2.45) is 0 Å². The summed E-state index contributed by atoms with van der Waals surface area (Å²) in [6, 6.07) is 12.1. The summed E-state index contributed by atoms with van der Waals surface area (Å²) in [5.41, 5.74) is 2.11. The van der Waals surface area contributed by atoms with E-state index >= 15 is 0 Å². The Morgan fingerprint density at radius 1 is 0.962 bits per heavy atom. The van der Waals surface area contributed by atoms with Crippen LogP contribution in [0.15, 0.2) is 42.5 Å². The van der Waals surface area contributed by atoms with E-state index in [-0.39, 0.29) is 11.5 Å². The lowest BCUT2D eigenvalue weighted by atomic mass is 10.1. The Bertz CT molecular complexity index is 770. The summed E-state index contributed by atoms with van der Waals surface area (Å²) in [7, 11) is 4.90. The van der Waals surface area contributed by atoms with Crippen molar-refractivity contribution in [3.63, 3.8) is 0 Å².